The van der Waals surface area contributed by atoms with E-state index in [-0.39, 0.29) is 0 Å². The topological polar surface area (TPSA) is 27.1 Å². The Balaban J connectivity index is 2.88. The van der Waals surface area contributed by atoms with Gasteiger partial charge in [0.1, 0.15) is 11.4 Å². The Hall–Kier alpha value is -1.03. The van der Waals surface area contributed by atoms with Gasteiger partial charge in [-0.15, -0.1) is 0 Å². The number of pyridine rings is 1. The molecule has 2 rings (SSSR count). The Morgan fingerprint density at radius 1 is 1.54 bits per heavy atom. The number of aromatic nitrogens is 2. The molecule has 0 aromatic carbocycles. The largest absolute Gasteiger partial charge is 0.496 e. The van der Waals surface area contributed by atoms with Crippen LogP contribution in [-0.2, 0) is 7.05 Å². The van der Waals surface area contributed by atoms with Gasteiger partial charge >= 0.3 is 0 Å². The molecule has 0 fully saturated rings. The van der Waals surface area contributed by atoms with Crippen LogP contribution in [0.25, 0.3) is 11.0 Å². The van der Waals surface area contributed by atoms with Gasteiger partial charge in [-0.25, -0.2) is 4.98 Å². The lowest BCUT2D eigenvalue weighted by atomic mass is 10.3. The molecule has 0 unspecified atom stereocenters. The number of halogens is 1. The molecule has 0 saturated heterocycles. The summed E-state index contributed by atoms with van der Waals surface area (Å²) in [7, 11) is 3.62. The monoisotopic (exact) mass is 240 g/mol. The molecule has 2 aromatic heterocycles. The van der Waals surface area contributed by atoms with E-state index in [1.807, 2.05) is 23.9 Å². The second-order valence-corrected chi connectivity index (χ2v) is 3.65. The summed E-state index contributed by atoms with van der Waals surface area (Å²) in [6.07, 6.45) is 3.72. The number of ether oxygens (including phenoxy) is 1. The number of fused-ring (bicyclic) bond motifs is 1. The van der Waals surface area contributed by atoms with Crippen molar-refractivity contribution in [2.75, 3.05) is 7.11 Å². The SMILES string of the molecule is COc1ccnc2c1c(Br)cn2C. The van der Waals surface area contributed by atoms with Gasteiger partial charge in [-0.3, -0.25) is 0 Å². The normalized spacial score (nSPS) is 10.7. The first-order valence-corrected chi connectivity index (χ1v) is 4.67. The highest BCUT2D eigenvalue weighted by molar-refractivity contribution is 9.10. The van der Waals surface area contributed by atoms with E-state index in [0.29, 0.717) is 0 Å². The predicted molar refractivity (Wildman–Crippen MR) is 55.0 cm³/mol. The van der Waals surface area contributed by atoms with Gasteiger partial charge in [0.25, 0.3) is 0 Å². The molecule has 0 aliphatic rings. The van der Waals surface area contributed by atoms with Crippen LogP contribution in [0.5, 0.6) is 5.75 Å². The van der Waals surface area contributed by atoms with E-state index in [9.17, 15) is 0 Å². The Morgan fingerprint density at radius 2 is 2.31 bits per heavy atom. The molecule has 0 atom stereocenters. The fraction of sp³-hybridized carbons (Fsp3) is 0.222. The molecule has 0 radical (unpaired) electrons. The van der Waals surface area contributed by atoms with Crippen molar-refractivity contribution in [3.63, 3.8) is 0 Å². The number of hydrogen-bond acceptors (Lipinski definition) is 2. The molecule has 2 aromatic rings. The van der Waals surface area contributed by atoms with Crippen molar-refractivity contribution in [2.24, 2.45) is 7.05 Å². The smallest absolute Gasteiger partial charge is 0.144 e. The Morgan fingerprint density at radius 3 is 3.00 bits per heavy atom. The fourth-order valence-corrected chi connectivity index (χ4v) is 2.07. The van der Waals surface area contributed by atoms with Crippen molar-refractivity contribution < 1.29 is 4.74 Å². The quantitative estimate of drug-likeness (QED) is 0.766. The Labute approximate surface area is 84.5 Å². The maximum absolute atomic E-state index is 5.24. The summed E-state index contributed by atoms with van der Waals surface area (Å²) in [6.45, 7) is 0. The van der Waals surface area contributed by atoms with Gasteiger partial charge in [0.15, 0.2) is 0 Å². The molecule has 13 heavy (non-hydrogen) atoms. The van der Waals surface area contributed by atoms with E-state index in [1.54, 1.807) is 13.3 Å². The highest BCUT2D eigenvalue weighted by atomic mass is 79.9. The number of rotatable bonds is 1. The van der Waals surface area contributed by atoms with Crippen LogP contribution in [0.3, 0.4) is 0 Å². The molecule has 68 valence electrons. The van der Waals surface area contributed by atoms with Crippen molar-refractivity contribution in [3.05, 3.63) is 22.9 Å². The molecule has 0 aliphatic carbocycles. The second kappa shape index (κ2) is 3.03. The first-order chi connectivity index (χ1) is 6.24. The highest BCUT2D eigenvalue weighted by Crippen LogP contribution is 2.31. The summed E-state index contributed by atoms with van der Waals surface area (Å²) < 4.78 is 8.21. The summed E-state index contributed by atoms with van der Waals surface area (Å²) >= 11 is 3.47. The number of aryl methyl sites for hydroxylation is 1. The minimum absolute atomic E-state index is 0.845. The first kappa shape index (κ1) is 8.56. The van der Waals surface area contributed by atoms with Crippen LogP contribution in [0.2, 0.25) is 0 Å². The standard InChI is InChI=1S/C9H9BrN2O/c1-12-5-6(10)8-7(13-2)3-4-11-9(8)12/h3-5H,1-2H3. The van der Waals surface area contributed by atoms with E-state index in [0.717, 1.165) is 21.3 Å². The van der Waals surface area contributed by atoms with E-state index in [2.05, 4.69) is 20.9 Å². The van der Waals surface area contributed by atoms with E-state index in [4.69, 9.17) is 4.74 Å². The maximum Gasteiger partial charge on any atom is 0.144 e. The lowest BCUT2D eigenvalue weighted by Gasteiger charge is -2.01. The minimum Gasteiger partial charge on any atom is -0.496 e. The van der Waals surface area contributed by atoms with Gasteiger partial charge in [-0.1, -0.05) is 0 Å². The summed E-state index contributed by atoms with van der Waals surface area (Å²) in [5, 5.41) is 1.02. The van der Waals surface area contributed by atoms with Gasteiger partial charge < -0.3 is 9.30 Å². The molecule has 0 amide bonds. The molecule has 0 bridgehead atoms. The van der Waals surface area contributed by atoms with Crippen LogP contribution in [0.1, 0.15) is 0 Å². The van der Waals surface area contributed by atoms with Crippen molar-refractivity contribution in [1.82, 2.24) is 9.55 Å². The van der Waals surface area contributed by atoms with E-state index < -0.39 is 0 Å². The first-order valence-electron chi connectivity index (χ1n) is 3.87. The summed E-state index contributed by atoms with van der Waals surface area (Å²) in [4.78, 5) is 4.26. The van der Waals surface area contributed by atoms with Gasteiger partial charge in [-0.05, 0) is 22.0 Å². The van der Waals surface area contributed by atoms with E-state index >= 15 is 0 Å². The summed E-state index contributed by atoms with van der Waals surface area (Å²) in [5.41, 5.74) is 0.922. The van der Waals surface area contributed by atoms with Gasteiger partial charge in [-0.2, -0.15) is 0 Å². The average Bonchev–Trinajstić information content (AvgIpc) is 2.43. The van der Waals surface area contributed by atoms with Crippen molar-refractivity contribution in [2.45, 2.75) is 0 Å². The Bertz CT molecular complexity index is 450. The van der Waals surface area contributed by atoms with Crippen molar-refractivity contribution in [3.8, 4) is 5.75 Å². The summed E-state index contributed by atoms with van der Waals surface area (Å²) in [5.74, 6) is 0.845. The third kappa shape index (κ3) is 1.21. The summed E-state index contributed by atoms with van der Waals surface area (Å²) in [6, 6.07) is 1.85. The number of nitrogens with zero attached hydrogens (tertiary/aromatic N) is 2. The molecule has 0 saturated carbocycles. The van der Waals surface area contributed by atoms with Gasteiger partial charge in [0.05, 0.1) is 12.5 Å². The molecule has 0 spiro atoms. The van der Waals surface area contributed by atoms with Crippen LogP contribution >= 0.6 is 15.9 Å². The van der Waals surface area contributed by atoms with Crippen molar-refractivity contribution in [1.29, 1.82) is 0 Å². The van der Waals surface area contributed by atoms with Crippen LogP contribution in [0, 0.1) is 0 Å². The van der Waals surface area contributed by atoms with Crippen LogP contribution < -0.4 is 4.74 Å². The zero-order valence-electron chi connectivity index (χ0n) is 7.41. The third-order valence-electron chi connectivity index (χ3n) is 1.99. The van der Waals surface area contributed by atoms with Crippen LogP contribution in [0.4, 0.5) is 0 Å². The van der Waals surface area contributed by atoms with Crippen LogP contribution in [0.15, 0.2) is 22.9 Å². The molecule has 0 N–H and O–H groups in total. The van der Waals surface area contributed by atoms with Crippen LogP contribution in [-0.4, -0.2) is 16.7 Å². The average molecular weight is 241 g/mol. The molecular weight excluding hydrogens is 232 g/mol. The lowest BCUT2D eigenvalue weighted by molar-refractivity contribution is 0.419. The highest BCUT2D eigenvalue weighted by Gasteiger charge is 2.09. The molecule has 3 nitrogen and oxygen atoms in total. The molecule has 4 heteroatoms. The molecular formula is C9H9BrN2O. The number of hydrogen-bond donors (Lipinski definition) is 0. The number of methoxy groups -OCH3 is 1. The van der Waals surface area contributed by atoms with Gasteiger partial charge in [0, 0.05) is 23.9 Å². The second-order valence-electron chi connectivity index (χ2n) is 2.80. The van der Waals surface area contributed by atoms with Crippen molar-refractivity contribution >= 4 is 27.0 Å². The Kier molecular flexibility index (Phi) is 2.00. The molecule has 0 aliphatic heterocycles. The predicted octanol–water partition coefficient (Wildman–Crippen LogP) is 2.34. The maximum atomic E-state index is 5.24. The third-order valence-corrected chi connectivity index (χ3v) is 2.59. The lowest BCUT2D eigenvalue weighted by Crippen LogP contribution is -1.89. The fourth-order valence-electron chi connectivity index (χ4n) is 1.39. The van der Waals surface area contributed by atoms with Gasteiger partial charge in [0.2, 0.25) is 0 Å². The van der Waals surface area contributed by atoms with E-state index in [1.165, 1.54) is 0 Å². The zero-order chi connectivity index (χ0) is 9.42. The molecule has 2 heterocycles. The minimum atomic E-state index is 0.845. The zero-order valence-corrected chi connectivity index (χ0v) is 9.00.